The highest BCUT2D eigenvalue weighted by Crippen LogP contribution is 2.20. The molecule has 21 heavy (non-hydrogen) atoms. The maximum absolute atomic E-state index is 11.5. The Kier molecular flexibility index (Phi) is 5.58. The van der Waals surface area contributed by atoms with E-state index in [0.29, 0.717) is 18.7 Å². The van der Waals surface area contributed by atoms with Gasteiger partial charge in [0, 0.05) is 6.54 Å². The van der Waals surface area contributed by atoms with E-state index >= 15 is 0 Å². The minimum atomic E-state index is -1.01. The summed E-state index contributed by atoms with van der Waals surface area (Å²) in [6.45, 7) is 5.75. The number of ether oxygens (including phenoxy) is 2. The van der Waals surface area contributed by atoms with Crippen molar-refractivity contribution in [3.05, 3.63) is 29.3 Å². The van der Waals surface area contributed by atoms with Crippen molar-refractivity contribution < 1.29 is 24.2 Å². The Balaban J connectivity index is 2.60. The van der Waals surface area contributed by atoms with Crippen LogP contribution < -0.4 is 10.1 Å². The Hall–Kier alpha value is -2.24. The van der Waals surface area contributed by atoms with Crippen LogP contribution in [-0.2, 0) is 11.2 Å². The third kappa shape index (κ3) is 5.72. The fourth-order valence-electron chi connectivity index (χ4n) is 1.70. The lowest BCUT2D eigenvalue weighted by Gasteiger charge is -2.19. The number of nitrogens with one attached hydrogen (secondary N) is 1. The quantitative estimate of drug-likeness (QED) is 0.871. The van der Waals surface area contributed by atoms with Crippen molar-refractivity contribution in [3.8, 4) is 5.75 Å². The Morgan fingerprint density at radius 1 is 1.29 bits per heavy atom. The third-order valence-electron chi connectivity index (χ3n) is 2.60. The third-order valence-corrected chi connectivity index (χ3v) is 2.60. The largest absolute Gasteiger partial charge is 0.496 e. The molecule has 0 aromatic heterocycles. The van der Waals surface area contributed by atoms with Gasteiger partial charge in [-0.25, -0.2) is 9.59 Å². The molecule has 1 aromatic carbocycles. The van der Waals surface area contributed by atoms with Crippen LogP contribution in [0.15, 0.2) is 18.2 Å². The number of carbonyl (C=O) groups excluding carboxylic acids is 1. The van der Waals surface area contributed by atoms with Crippen molar-refractivity contribution in [1.29, 1.82) is 0 Å². The van der Waals surface area contributed by atoms with Gasteiger partial charge in [0.05, 0.1) is 12.7 Å². The summed E-state index contributed by atoms with van der Waals surface area (Å²) in [6.07, 6.45) is 0.0334. The van der Waals surface area contributed by atoms with Crippen LogP contribution in [0.25, 0.3) is 0 Å². The minimum Gasteiger partial charge on any atom is -0.496 e. The Morgan fingerprint density at radius 2 is 1.95 bits per heavy atom. The van der Waals surface area contributed by atoms with Gasteiger partial charge in [0.15, 0.2) is 0 Å². The first kappa shape index (κ1) is 16.8. The average molecular weight is 295 g/mol. The highest BCUT2D eigenvalue weighted by Gasteiger charge is 2.16. The van der Waals surface area contributed by atoms with E-state index in [0.717, 1.165) is 5.56 Å². The molecule has 0 aliphatic heterocycles. The maximum atomic E-state index is 11.5. The summed E-state index contributed by atoms with van der Waals surface area (Å²) in [6, 6.07) is 4.65. The van der Waals surface area contributed by atoms with Crippen molar-refractivity contribution in [2.24, 2.45) is 0 Å². The Bertz CT molecular complexity index is 519. The molecule has 0 aliphatic rings. The molecule has 0 saturated heterocycles. The lowest BCUT2D eigenvalue weighted by atomic mass is 10.1. The van der Waals surface area contributed by atoms with Gasteiger partial charge in [-0.2, -0.15) is 0 Å². The summed E-state index contributed by atoms with van der Waals surface area (Å²) in [5, 5.41) is 11.6. The topological polar surface area (TPSA) is 84.9 Å². The number of carboxylic acids is 1. The van der Waals surface area contributed by atoms with Gasteiger partial charge >= 0.3 is 12.1 Å². The molecule has 1 aromatic rings. The summed E-state index contributed by atoms with van der Waals surface area (Å²) in [4.78, 5) is 22.4. The maximum Gasteiger partial charge on any atom is 0.407 e. The molecule has 0 atom stereocenters. The fraction of sp³-hybridized carbons (Fsp3) is 0.467. The lowest BCUT2D eigenvalue weighted by molar-refractivity contribution is 0.0528. The van der Waals surface area contributed by atoms with E-state index in [4.69, 9.17) is 14.6 Å². The SMILES string of the molecule is COc1cc(C(=O)O)ccc1CCNC(=O)OC(C)(C)C. The summed E-state index contributed by atoms with van der Waals surface area (Å²) in [5.74, 6) is -0.521. The summed E-state index contributed by atoms with van der Waals surface area (Å²) < 4.78 is 10.3. The fourth-order valence-corrected chi connectivity index (χ4v) is 1.70. The van der Waals surface area contributed by atoms with E-state index in [-0.39, 0.29) is 5.56 Å². The van der Waals surface area contributed by atoms with Crippen LogP contribution in [0.1, 0.15) is 36.7 Å². The molecular weight excluding hydrogens is 274 g/mol. The molecule has 0 spiro atoms. The van der Waals surface area contributed by atoms with E-state index in [1.807, 2.05) is 0 Å². The van der Waals surface area contributed by atoms with Crippen LogP contribution in [0, 0.1) is 0 Å². The van der Waals surface area contributed by atoms with Crippen LogP contribution >= 0.6 is 0 Å². The van der Waals surface area contributed by atoms with E-state index in [9.17, 15) is 9.59 Å². The predicted molar refractivity (Wildman–Crippen MR) is 77.9 cm³/mol. The second kappa shape index (κ2) is 6.97. The van der Waals surface area contributed by atoms with Gasteiger partial charge in [-0.15, -0.1) is 0 Å². The standard InChI is InChI=1S/C15H21NO5/c1-15(2,3)21-14(19)16-8-7-10-5-6-11(13(17)18)9-12(10)20-4/h5-6,9H,7-8H2,1-4H3,(H,16,19)(H,17,18). The molecule has 6 nitrogen and oxygen atoms in total. The van der Waals surface area contributed by atoms with E-state index in [2.05, 4.69) is 5.32 Å². The summed E-state index contributed by atoms with van der Waals surface area (Å²) >= 11 is 0. The average Bonchev–Trinajstić information content (AvgIpc) is 2.36. The minimum absolute atomic E-state index is 0.163. The number of hydrogen-bond acceptors (Lipinski definition) is 4. The molecule has 0 aliphatic carbocycles. The number of carboxylic acid groups (broad SMARTS) is 1. The molecule has 0 fully saturated rings. The van der Waals surface area contributed by atoms with Crippen LogP contribution in [0.2, 0.25) is 0 Å². The molecule has 2 N–H and O–H groups in total. The molecule has 116 valence electrons. The molecule has 0 heterocycles. The van der Waals surface area contributed by atoms with Crippen LogP contribution in [0.5, 0.6) is 5.75 Å². The van der Waals surface area contributed by atoms with Crippen molar-refractivity contribution in [2.45, 2.75) is 32.8 Å². The molecule has 1 rings (SSSR count). The number of amides is 1. The zero-order valence-corrected chi connectivity index (χ0v) is 12.7. The number of rotatable bonds is 5. The van der Waals surface area contributed by atoms with Crippen LogP contribution in [0.3, 0.4) is 0 Å². The molecule has 6 heteroatoms. The van der Waals surface area contributed by atoms with Gasteiger partial charge in [-0.3, -0.25) is 0 Å². The number of alkyl carbamates (subject to hydrolysis) is 1. The van der Waals surface area contributed by atoms with Gasteiger partial charge in [0.25, 0.3) is 0 Å². The van der Waals surface area contributed by atoms with Gasteiger partial charge in [-0.1, -0.05) is 6.07 Å². The Morgan fingerprint density at radius 3 is 2.48 bits per heavy atom. The van der Waals surface area contributed by atoms with Crippen molar-refractivity contribution >= 4 is 12.1 Å². The lowest BCUT2D eigenvalue weighted by Crippen LogP contribution is -2.33. The monoisotopic (exact) mass is 295 g/mol. The first-order valence-corrected chi connectivity index (χ1v) is 6.60. The number of hydrogen-bond donors (Lipinski definition) is 2. The first-order valence-electron chi connectivity index (χ1n) is 6.60. The summed E-state index contributed by atoms with van der Waals surface area (Å²) in [5.41, 5.74) is 0.444. The Labute approximate surface area is 124 Å². The van der Waals surface area contributed by atoms with Crippen molar-refractivity contribution in [2.75, 3.05) is 13.7 Å². The van der Waals surface area contributed by atoms with Crippen LogP contribution in [-0.4, -0.2) is 36.4 Å². The second-order valence-corrected chi connectivity index (χ2v) is 5.51. The molecule has 0 saturated carbocycles. The van der Waals surface area contributed by atoms with Gasteiger partial charge in [0.1, 0.15) is 11.4 Å². The van der Waals surface area contributed by atoms with Crippen LogP contribution in [0.4, 0.5) is 4.79 Å². The van der Waals surface area contributed by atoms with Crippen molar-refractivity contribution in [3.63, 3.8) is 0 Å². The molecule has 1 amide bonds. The van der Waals surface area contributed by atoms with Gasteiger partial charge in [0.2, 0.25) is 0 Å². The number of benzene rings is 1. The van der Waals surface area contributed by atoms with E-state index in [1.165, 1.54) is 19.2 Å². The molecular formula is C15H21NO5. The van der Waals surface area contributed by atoms with Gasteiger partial charge < -0.3 is 19.9 Å². The number of carbonyl (C=O) groups is 2. The van der Waals surface area contributed by atoms with Crippen molar-refractivity contribution in [1.82, 2.24) is 5.32 Å². The predicted octanol–water partition coefficient (Wildman–Crippen LogP) is 2.46. The smallest absolute Gasteiger partial charge is 0.407 e. The number of aromatic carboxylic acids is 1. The molecule has 0 radical (unpaired) electrons. The zero-order valence-electron chi connectivity index (χ0n) is 12.7. The van der Waals surface area contributed by atoms with E-state index < -0.39 is 17.7 Å². The zero-order chi connectivity index (χ0) is 16.0. The second-order valence-electron chi connectivity index (χ2n) is 5.51. The molecule has 0 unspecified atom stereocenters. The highest BCUT2D eigenvalue weighted by atomic mass is 16.6. The highest BCUT2D eigenvalue weighted by molar-refractivity contribution is 5.88. The van der Waals surface area contributed by atoms with E-state index in [1.54, 1.807) is 26.8 Å². The normalized spacial score (nSPS) is 10.9. The van der Waals surface area contributed by atoms with Gasteiger partial charge in [-0.05, 0) is 44.9 Å². The molecule has 0 bridgehead atoms. The summed E-state index contributed by atoms with van der Waals surface area (Å²) in [7, 11) is 1.48. The number of methoxy groups -OCH3 is 1. The first-order chi connectivity index (χ1) is 9.73.